The molecule has 0 fully saturated rings. The average Bonchev–Trinajstić information content (AvgIpc) is 3.43. The lowest BCUT2D eigenvalue weighted by Crippen LogP contribution is -2.30. The molecular formula is C71H128O6. The van der Waals surface area contributed by atoms with E-state index < -0.39 is 6.10 Å². The lowest BCUT2D eigenvalue weighted by Gasteiger charge is -2.18. The maximum absolute atomic E-state index is 12.9. The van der Waals surface area contributed by atoms with Crippen LogP contribution >= 0.6 is 0 Å². The molecule has 0 aromatic carbocycles. The van der Waals surface area contributed by atoms with Crippen molar-refractivity contribution in [3.8, 4) is 0 Å². The number of carbonyl (C=O) groups excluding carboxylic acids is 3. The van der Waals surface area contributed by atoms with Crippen molar-refractivity contribution < 1.29 is 28.6 Å². The summed E-state index contributed by atoms with van der Waals surface area (Å²) in [5, 5.41) is 0. The number of carbonyl (C=O) groups is 3. The topological polar surface area (TPSA) is 78.9 Å². The normalized spacial score (nSPS) is 12.4. The predicted octanol–water partition coefficient (Wildman–Crippen LogP) is 23.1. The molecule has 0 radical (unpaired) electrons. The van der Waals surface area contributed by atoms with Gasteiger partial charge in [0.15, 0.2) is 6.10 Å². The molecule has 77 heavy (non-hydrogen) atoms. The van der Waals surface area contributed by atoms with Gasteiger partial charge in [0, 0.05) is 19.3 Å². The Balaban J connectivity index is 4.32. The van der Waals surface area contributed by atoms with Crippen molar-refractivity contribution in [3.05, 3.63) is 60.8 Å². The number of hydrogen-bond acceptors (Lipinski definition) is 6. The summed E-state index contributed by atoms with van der Waals surface area (Å²) in [4.78, 5) is 38.4. The summed E-state index contributed by atoms with van der Waals surface area (Å²) in [6.07, 6.45) is 83.7. The van der Waals surface area contributed by atoms with E-state index in [1.54, 1.807) is 0 Å². The SMILES string of the molecule is CCCCCC/C=C\C/C=C\CCCCCCCC(=O)OCC(COC(=O)CCCCCCCCCCCCCCC/C=C\C/C=C\CCCCCCC)OC(=O)CCCCCCCCC/C=C\CCCCCCCCC. The van der Waals surface area contributed by atoms with E-state index in [1.807, 2.05) is 0 Å². The molecule has 0 spiro atoms. The van der Waals surface area contributed by atoms with Crippen LogP contribution in [0.15, 0.2) is 60.8 Å². The van der Waals surface area contributed by atoms with Crippen LogP contribution in [0.1, 0.15) is 355 Å². The van der Waals surface area contributed by atoms with Gasteiger partial charge in [-0.05, 0) is 109 Å². The van der Waals surface area contributed by atoms with Crippen molar-refractivity contribution in [1.82, 2.24) is 0 Å². The van der Waals surface area contributed by atoms with Crippen LogP contribution in [0.2, 0.25) is 0 Å². The van der Waals surface area contributed by atoms with E-state index in [0.717, 1.165) is 83.5 Å². The molecule has 0 aliphatic carbocycles. The zero-order valence-corrected chi connectivity index (χ0v) is 51.5. The molecule has 0 heterocycles. The molecule has 6 nitrogen and oxygen atoms in total. The van der Waals surface area contributed by atoms with Crippen molar-refractivity contribution in [2.45, 2.75) is 361 Å². The van der Waals surface area contributed by atoms with Crippen molar-refractivity contribution in [2.75, 3.05) is 13.2 Å². The van der Waals surface area contributed by atoms with Gasteiger partial charge in [0.1, 0.15) is 13.2 Å². The zero-order valence-electron chi connectivity index (χ0n) is 51.5. The standard InChI is InChI=1S/C71H128O6/c1-4-7-10-13-16-19-22-25-28-31-33-34-35-36-37-38-39-41-43-46-49-52-55-58-61-64-70(73)76-67-68(66-75-69(72)63-60-57-54-51-48-45-42-30-27-24-21-18-15-12-9-6-3)77-71(74)65-62-59-56-53-50-47-44-40-32-29-26-23-20-17-14-11-8-5-2/h21-22,24-25,29-33,42,68H,4-20,23,26-28,34-41,43-67H2,1-3H3/b24-21-,25-22-,32-29-,33-31-,42-30-. The van der Waals surface area contributed by atoms with Crippen LogP contribution in [0.5, 0.6) is 0 Å². The Morgan fingerprint density at radius 1 is 0.260 bits per heavy atom. The first-order chi connectivity index (χ1) is 38.0. The van der Waals surface area contributed by atoms with E-state index in [2.05, 4.69) is 81.5 Å². The Morgan fingerprint density at radius 3 is 0.740 bits per heavy atom. The first-order valence-corrected chi connectivity index (χ1v) is 33.8. The fourth-order valence-electron chi connectivity index (χ4n) is 9.85. The second kappa shape index (κ2) is 65.6. The molecule has 0 aromatic rings. The van der Waals surface area contributed by atoms with Crippen molar-refractivity contribution in [1.29, 1.82) is 0 Å². The van der Waals surface area contributed by atoms with E-state index in [4.69, 9.17) is 14.2 Å². The molecule has 0 N–H and O–H groups in total. The third-order valence-corrected chi connectivity index (χ3v) is 15.0. The van der Waals surface area contributed by atoms with Gasteiger partial charge >= 0.3 is 17.9 Å². The highest BCUT2D eigenvalue weighted by molar-refractivity contribution is 5.71. The number of rotatable bonds is 62. The molecule has 0 aromatic heterocycles. The molecule has 448 valence electrons. The van der Waals surface area contributed by atoms with Gasteiger partial charge in [0.25, 0.3) is 0 Å². The molecular weight excluding hydrogens is 949 g/mol. The Morgan fingerprint density at radius 2 is 0.468 bits per heavy atom. The van der Waals surface area contributed by atoms with Crippen LogP contribution in [-0.2, 0) is 28.6 Å². The van der Waals surface area contributed by atoms with Crippen molar-refractivity contribution in [3.63, 3.8) is 0 Å². The quantitative estimate of drug-likeness (QED) is 0.0261. The van der Waals surface area contributed by atoms with Gasteiger partial charge in [-0.2, -0.15) is 0 Å². The minimum absolute atomic E-state index is 0.0786. The van der Waals surface area contributed by atoms with Gasteiger partial charge in [-0.25, -0.2) is 0 Å². The van der Waals surface area contributed by atoms with Crippen LogP contribution in [0.4, 0.5) is 0 Å². The first kappa shape index (κ1) is 74.1. The smallest absolute Gasteiger partial charge is 0.306 e. The number of allylic oxidation sites excluding steroid dienone is 10. The monoisotopic (exact) mass is 1080 g/mol. The maximum atomic E-state index is 12.9. The molecule has 0 rings (SSSR count). The largest absolute Gasteiger partial charge is 0.462 e. The summed E-state index contributed by atoms with van der Waals surface area (Å²) >= 11 is 0. The van der Waals surface area contributed by atoms with Crippen molar-refractivity contribution >= 4 is 17.9 Å². The maximum Gasteiger partial charge on any atom is 0.306 e. The molecule has 0 aliphatic heterocycles. The summed E-state index contributed by atoms with van der Waals surface area (Å²) in [6, 6.07) is 0. The third-order valence-electron chi connectivity index (χ3n) is 15.0. The van der Waals surface area contributed by atoms with Gasteiger partial charge in [0.2, 0.25) is 0 Å². The molecule has 1 unspecified atom stereocenters. The number of hydrogen-bond donors (Lipinski definition) is 0. The highest BCUT2D eigenvalue weighted by Gasteiger charge is 2.19. The Kier molecular flexibility index (Phi) is 63.2. The number of ether oxygens (including phenoxy) is 3. The lowest BCUT2D eigenvalue weighted by molar-refractivity contribution is -0.167. The van der Waals surface area contributed by atoms with E-state index in [0.29, 0.717) is 19.3 Å². The zero-order chi connectivity index (χ0) is 55.7. The molecule has 0 saturated heterocycles. The van der Waals surface area contributed by atoms with Gasteiger partial charge in [-0.15, -0.1) is 0 Å². The molecule has 1 atom stereocenters. The lowest BCUT2D eigenvalue weighted by atomic mass is 10.0. The third kappa shape index (κ3) is 63.8. The van der Waals surface area contributed by atoms with Crippen LogP contribution < -0.4 is 0 Å². The minimum atomic E-state index is -0.783. The molecule has 0 amide bonds. The highest BCUT2D eigenvalue weighted by atomic mass is 16.6. The number of unbranched alkanes of at least 4 members (excludes halogenated alkanes) is 41. The van der Waals surface area contributed by atoms with E-state index in [1.165, 1.54) is 231 Å². The van der Waals surface area contributed by atoms with Crippen LogP contribution in [0.3, 0.4) is 0 Å². The summed E-state index contributed by atoms with van der Waals surface area (Å²) in [6.45, 7) is 6.64. The number of esters is 3. The fourth-order valence-corrected chi connectivity index (χ4v) is 9.85. The summed E-state index contributed by atoms with van der Waals surface area (Å²) in [5.74, 6) is -0.878. The van der Waals surface area contributed by atoms with Crippen LogP contribution in [0, 0.1) is 0 Å². The Labute approximate surface area is 479 Å². The Hall–Kier alpha value is -2.89. The summed E-state index contributed by atoms with van der Waals surface area (Å²) in [7, 11) is 0. The van der Waals surface area contributed by atoms with Gasteiger partial charge in [0.05, 0.1) is 0 Å². The van der Waals surface area contributed by atoms with Crippen LogP contribution in [-0.4, -0.2) is 37.2 Å². The highest BCUT2D eigenvalue weighted by Crippen LogP contribution is 2.17. The predicted molar refractivity (Wildman–Crippen MR) is 335 cm³/mol. The first-order valence-electron chi connectivity index (χ1n) is 33.8. The molecule has 0 aliphatic rings. The van der Waals surface area contributed by atoms with E-state index in [-0.39, 0.29) is 31.1 Å². The molecule has 6 heteroatoms. The second-order valence-corrected chi connectivity index (χ2v) is 22.7. The fraction of sp³-hybridized carbons (Fsp3) is 0.817. The molecule has 0 saturated carbocycles. The summed E-state index contributed by atoms with van der Waals surface area (Å²) < 4.78 is 17.0. The van der Waals surface area contributed by atoms with Crippen molar-refractivity contribution in [2.24, 2.45) is 0 Å². The molecule has 0 bridgehead atoms. The van der Waals surface area contributed by atoms with E-state index >= 15 is 0 Å². The summed E-state index contributed by atoms with van der Waals surface area (Å²) in [5.41, 5.74) is 0. The van der Waals surface area contributed by atoms with Gasteiger partial charge < -0.3 is 14.2 Å². The van der Waals surface area contributed by atoms with Gasteiger partial charge in [-0.3, -0.25) is 14.4 Å². The second-order valence-electron chi connectivity index (χ2n) is 22.7. The van der Waals surface area contributed by atoms with Gasteiger partial charge in [-0.1, -0.05) is 287 Å². The average molecular weight is 1080 g/mol. The Bertz CT molecular complexity index is 1380. The van der Waals surface area contributed by atoms with Crippen LogP contribution in [0.25, 0.3) is 0 Å². The minimum Gasteiger partial charge on any atom is -0.462 e. The van der Waals surface area contributed by atoms with E-state index in [9.17, 15) is 14.4 Å².